The van der Waals surface area contributed by atoms with Crippen molar-refractivity contribution in [3.05, 3.63) is 0 Å². The van der Waals surface area contributed by atoms with Crippen LogP contribution in [-0.2, 0) is 0 Å². The van der Waals surface area contributed by atoms with Gasteiger partial charge in [0.2, 0.25) is 0 Å². The summed E-state index contributed by atoms with van der Waals surface area (Å²) in [6.07, 6.45) is 3.67. The van der Waals surface area contributed by atoms with Crippen molar-refractivity contribution in [2.24, 2.45) is 11.7 Å². The molecule has 0 spiro atoms. The van der Waals surface area contributed by atoms with Gasteiger partial charge in [-0.3, -0.25) is 0 Å². The highest BCUT2D eigenvalue weighted by Crippen LogP contribution is 2.05. The SMILES string of the molecule is CCCC(C)NC(CN)CC(C)C. The molecule has 2 heteroatoms. The maximum absolute atomic E-state index is 5.70. The van der Waals surface area contributed by atoms with E-state index < -0.39 is 0 Å². The highest BCUT2D eigenvalue weighted by molar-refractivity contribution is 4.73. The van der Waals surface area contributed by atoms with Crippen molar-refractivity contribution in [2.45, 2.75) is 59.0 Å². The molecule has 2 nitrogen and oxygen atoms in total. The molecule has 0 saturated heterocycles. The van der Waals surface area contributed by atoms with Crippen molar-refractivity contribution in [2.75, 3.05) is 6.54 Å². The second kappa shape index (κ2) is 7.34. The summed E-state index contributed by atoms with van der Waals surface area (Å²) in [5.74, 6) is 0.731. The van der Waals surface area contributed by atoms with Gasteiger partial charge in [-0.05, 0) is 25.7 Å². The van der Waals surface area contributed by atoms with Gasteiger partial charge in [0.15, 0.2) is 0 Å². The molecule has 0 aliphatic carbocycles. The molecule has 2 atom stereocenters. The molecular formula is C11H26N2. The average Bonchev–Trinajstić information content (AvgIpc) is 2.02. The van der Waals surface area contributed by atoms with Gasteiger partial charge in [0.1, 0.15) is 0 Å². The molecule has 2 unspecified atom stereocenters. The molecule has 0 aromatic rings. The maximum atomic E-state index is 5.70. The summed E-state index contributed by atoms with van der Waals surface area (Å²) >= 11 is 0. The quantitative estimate of drug-likeness (QED) is 0.639. The van der Waals surface area contributed by atoms with E-state index in [9.17, 15) is 0 Å². The molecule has 0 aromatic carbocycles. The Morgan fingerprint density at radius 1 is 1.23 bits per heavy atom. The van der Waals surface area contributed by atoms with Crippen molar-refractivity contribution in [1.29, 1.82) is 0 Å². The van der Waals surface area contributed by atoms with Gasteiger partial charge >= 0.3 is 0 Å². The summed E-state index contributed by atoms with van der Waals surface area (Å²) in [6, 6.07) is 1.11. The van der Waals surface area contributed by atoms with E-state index in [1.165, 1.54) is 19.3 Å². The number of hydrogen-bond acceptors (Lipinski definition) is 2. The largest absolute Gasteiger partial charge is 0.329 e. The predicted octanol–water partition coefficient (Wildman–Crippen LogP) is 2.14. The summed E-state index contributed by atoms with van der Waals surface area (Å²) in [5, 5.41) is 3.57. The molecule has 0 saturated carbocycles. The van der Waals surface area contributed by atoms with Gasteiger partial charge < -0.3 is 11.1 Å². The maximum Gasteiger partial charge on any atom is 0.0195 e. The van der Waals surface area contributed by atoms with Crippen LogP contribution in [0.15, 0.2) is 0 Å². The van der Waals surface area contributed by atoms with Crippen LogP contribution in [0.5, 0.6) is 0 Å². The second-order valence-electron chi connectivity index (χ2n) is 4.42. The first kappa shape index (κ1) is 12.9. The van der Waals surface area contributed by atoms with Crippen LogP contribution in [0.1, 0.15) is 47.0 Å². The van der Waals surface area contributed by atoms with Crippen molar-refractivity contribution < 1.29 is 0 Å². The number of nitrogens with one attached hydrogen (secondary N) is 1. The first-order chi connectivity index (χ1) is 6.10. The van der Waals surface area contributed by atoms with E-state index >= 15 is 0 Å². The fraction of sp³-hybridized carbons (Fsp3) is 1.00. The Kier molecular flexibility index (Phi) is 7.29. The summed E-state index contributed by atoms with van der Waals surface area (Å²) in [6.45, 7) is 9.71. The minimum atomic E-state index is 0.501. The van der Waals surface area contributed by atoms with Crippen LogP contribution in [0.4, 0.5) is 0 Å². The Morgan fingerprint density at radius 3 is 2.23 bits per heavy atom. The van der Waals surface area contributed by atoms with E-state index in [0.29, 0.717) is 12.1 Å². The molecule has 0 aromatic heterocycles. The molecule has 0 fully saturated rings. The van der Waals surface area contributed by atoms with Gasteiger partial charge in [0.05, 0.1) is 0 Å². The third-order valence-electron chi connectivity index (χ3n) is 2.28. The van der Waals surface area contributed by atoms with Crippen molar-refractivity contribution in [3.63, 3.8) is 0 Å². The fourth-order valence-corrected chi connectivity index (χ4v) is 1.72. The van der Waals surface area contributed by atoms with Gasteiger partial charge in [-0.1, -0.05) is 27.2 Å². The smallest absolute Gasteiger partial charge is 0.0195 e. The van der Waals surface area contributed by atoms with Gasteiger partial charge in [-0.2, -0.15) is 0 Å². The van der Waals surface area contributed by atoms with Crippen LogP contribution in [-0.4, -0.2) is 18.6 Å². The Balaban J connectivity index is 3.69. The molecule has 0 rings (SSSR count). The Labute approximate surface area is 83.3 Å². The normalized spacial score (nSPS) is 16.2. The van der Waals surface area contributed by atoms with Crippen molar-refractivity contribution in [1.82, 2.24) is 5.32 Å². The second-order valence-corrected chi connectivity index (χ2v) is 4.42. The van der Waals surface area contributed by atoms with Gasteiger partial charge in [0, 0.05) is 18.6 Å². The van der Waals surface area contributed by atoms with Gasteiger partial charge in [-0.15, -0.1) is 0 Å². The lowest BCUT2D eigenvalue weighted by molar-refractivity contribution is 0.374. The summed E-state index contributed by atoms with van der Waals surface area (Å²) in [7, 11) is 0. The first-order valence-corrected chi connectivity index (χ1v) is 5.56. The van der Waals surface area contributed by atoms with Crippen LogP contribution in [0.25, 0.3) is 0 Å². The molecule has 80 valence electrons. The van der Waals surface area contributed by atoms with E-state index in [0.717, 1.165) is 12.5 Å². The Bertz CT molecular complexity index is 113. The molecule has 13 heavy (non-hydrogen) atoms. The van der Waals surface area contributed by atoms with Crippen LogP contribution in [0.3, 0.4) is 0 Å². The van der Waals surface area contributed by atoms with Gasteiger partial charge in [0.25, 0.3) is 0 Å². The number of hydrogen-bond donors (Lipinski definition) is 2. The lowest BCUT2D eigenvalue weighted by Gasteiger charge is -2.23. The van der Waals surface area contributed by atoms with E-state index in [2.05, 4.69) is 33.0 Å². The number of nitrogens with two attached hydrogens (primary N) is 1. The monoisotopic (exact) mass is 186 g/mol. The Morgan fingerprint density at radius 2 is 1.85 bits per heavy atom. The van der Waals surface area contributed by atoms with Crippen LogP contribution < -0.4 is 11.1 Å². The summed E-state index contributed by atoms with van der Waals surface area (Å²) in [5.41, 5.74) is 5.70. The third kappa shape index (κ3) is 7.03. The predicted molar refractivity (Wildman–Crippen MR) is 59.8 cm³/mol. The molecule has 3 N–H and O–H groups in total. The molecule has 0 bridgehead atoms. The topological polar surface area (TPSA) is 38.0 Å². The summed E-state index contributed by atoms with van der Waals surface area (Å²) < 4.78 is 0. The lowest BCUT2D eigenvalue weighted by atomic mass is 10.0. The zero-order chi connectivity index (χ0) is 10.3. The zero-order valence-electron chi connectivity index (χ0n) is 9.64. The minimum Gasteiger partial charge on any atom is -0.329 e. The molecule has 0 aliphatic rings. The van der Waals surface area contributed by atoms with Crippen LogP contribution in [0, 0.1) is 5.92 Å². The molecular weight excluding hydrogens is 160 g/mol. The molecule has 0 aliphatic heterocycles. The molecule has 0 heterocycles. The van der Waals surface area contributed by atoms with Crippen LogP contribution in [0.2, 0.25) is 0 Å². The third-order valence-corrected chi connectivity index (χ3v) is 2.28. The standard InChI is InChI=1S/C11H26N2/c1-5-6-10(4)13-11(8-12)7-9(2)3/h9-11,13H,5-8,12H2,1-4H3. The van der Waals surface area contributed by atoms with E-state index in [-0.39, 0.29) is 0 Å². The minimum absolute atomic E-state index is 0.501. The van der Waals surface area contributed by atoms with Crippen molar-refractivity contribution in [3.8, 4) is 0 Å². The van der Waals surface area contributed by atoms with Crippen LogP contribution >= 0.6 is 0 Å². The van der Waals surface area contributed by atoms with Gasteiger partial charge in [-0.25, -0.2) is 0 Å². The lowest BCUT2D eigenvalue weighted by Crippen LogP contribution is -2.42. The zero-order valence-corrected chi connectivity index (χ0v) is 9.64. The van der Waals surface area contributed by atoms with E-state index in [1.54, 1.807) is 0 Å². The molecule has 0 amide bonds. The van der Waals surface area contributed by atoms with E-state index in [4.69, 9.17) is 5.73 Å². The van der Waals surface area contributed by atoms with Crippen molar-refractivity contribution >= 4 is 0 Å². The van der Waals surface area contributed by atoms with E-state index in [1.807, 2.05) is 0 Å². The first-order valence-electron chi connectivity index (χ1n) is 5.56. The highest BCUT2D eigenvalue weighted by atomic mass is 15.0. The number of rotatable bonds is 7. The molecule has 0 radical (unpaired) electrons. The highest BCUT2D eigenvalue weighted by Gasteiger charge is 2.11. The Hall–Kier alpha value is -0.0800. The fourth-order valence-electron chi connectivity index (χ4n) is 1.72. The average molecular weight is 186 g/mol. The summed E-state index contributed by atoms with van der Waals surface area (Å²) in [4.78, 5) is 0.